The van der Waals surface area contributed by atoms with Gasteiger partial charge in [0.25, 0.3) is 11.8 Å². The summed E-state index contributed by atoms with van der Waals surface area (Å²) >= 11 is 7.39. The number of hydrogen-bond donors (Lipinski definition) is 0. The zero-order chi connectivity index (χ0) is 18.2. The van der Waals surface area contributed by atoms with Gasteiger partial charge in [0.1, 0.15) is 0 Å². The molecular formula is C20H26ClNO2S. The minimum Gasteiger partial charge on any atom is -0.274 e. The second-order valence-corrected chi connectivity index (χ2v) is 7.88. The minimum atomic E-state index is -0.170. The molecule has 0 saturated carbocycles. The van der Waals surface area contributed by atoms with Crippen LogP contribution in [0.15, 0.2) is 29.2 Å². The molecule has 2 rings (SSSR count). The van der Waals surface area contributed by atoms with Crippen LogP contribution in [0.25, 0.3) is 5.57 Å². The number of halogens is 1. The Morgan fingerprint density at radius 3 is 2.20 bits per heavy atom. The molecular weight excluding hydrogens is 354 g/mol. The van der Waals surface area contributed by atoms with Crippen LogP contribution in [0.1, 0.15) is 57.9 Å². The van der Waals surface area contributed by atoms with Gasteiger partial charge in [0, 0.05) is 11.6 Å². The van der Waals surface area contributed by atoms with Gasteiger partial charge in [-0.25, -0.2) is 0 Å². The lowest BCUT2D eigenvalue weighted by Gasteiger charge is -2.15. The summed E-state index contributed by atoms with van der Waals surface area (Å²) in [6.07, 6.45) is 6.79. The Balaban J connectivity index is 2.08. The molecule has 1 aliphatic rings. The molecule has 136 valence electrons. The number of benzene rings is 1. The molecule has 3 nitrogen and oxygen atoms in total. The molecule has 1 heterocycles. The Kier molecular flexibility index (Phi) is 8.04. The molecule has 1 aromatic rings. The van der Waals surface area contributed by atoms with Crippen LogP contribution in [0, 0.1) is 0 Å². The third-order valence-electron chi connectivity index (χ3n) is 4.28. The summed E-state index contributed by atoms with van der Waals surface area (Å²) in [6, 6.07) is 7.14. The van der Waals surface area contributed by atoms with Gasteiger partial charge in [-0.2, -0.15) is 0 Å². The van der Waals surface area contributed by atoms with Crippen molar-refractivity contribution in [3.8, 4) is 0 Å². The van der Waals surface area contributed by atoms with E-state index in [-0.39, 0.29) is 11.8 Å². The maximum Gasteiger partial charge on any atom is 0.267 e. The van der Waals surface area contributed by atoms with Crippen LogP contribution in [-0.4, -0.2) is 29.0 Å². The molecule has 0 aliphatic carbocycles. The molecule has 1 aliphatic heterocycles. The number of nitrogens with zero attached hydrogens (tertiary/aromatic N) is 1. The Morgan fingerprint density at radius 2 is 1.56 bits per heavy atom. The van der Waals surface area contributed by atoms with E-state index in [0.717, 1.165) is 30.6 Å². The third-order valence-corrected chi connectivity index (χ3v) is 5.49. The van der Waals surface area contributed by atoms with Crippen LogP contribution in [0.4, 0.5) is 0 Å². The number of imide groups is 1. The zero-order valence-corrected chi connectivity index (χ0v) is 16.6. The van der Waals surface area contributed by atoms with Crippen molar-refractivity contribution >= 4 is 40.8 Å². The summed E-state index contributed by atoms with van der Waals surface area (Å²) in [5, 5.41) is 0.620. The molecule has 0 bridgehead atoms. The Bertz CT molecular complexity index is 640. The van der Waals surface area contributed by atoms with Gasteiger partial charge in [-0.05, 0) is 29.9 Å². The predicted octanol–water partition coefficient (Wildman–Crippen LogP) is 5.53. The van der Waals surface area contributed by atoms with E-state index in [1.54, 1.807) is 12.1 Å². The number of rotatable bonds is 10. The van der Waals surface area contributed by atoms with Crippen LogP contribution in [0.2, 0.25) is 5.02 Å². The summed E-state index contributed by atoms with van der Waals surface area (Å²) in [7, 11) is 0. The van der Waals surface area contributed by atoms with E-state index in [1.165, 1.54) is 35.9 Å². The molecule has 1 aromatic carbocycles. The Hall–Kier alpha value is -1.26. The SMILES string of the molecule is CCCCCCCCN1C(=O)C(SCC)=C(c2ccc(Cl)cc2)C1=O. The van der Waals surface area contributed by atoms with Gasteiger partial charge < -0.3 is 0 Å². The number of unbranched alkanes of at least 4 members (excludes halogenated alkanes) is 5. The van der Waals surface area contributed by atoms with Gasteiger partial charge in [0.05, 0.1) is 10.5 Å². The summed E-state index contributed by atoms with van der Waals surface area (Å²) in [5.41, 5.74) is 1.30. The van der Waals surface area contributed by atoms with Crippen LogP contribution < -0.4 is 0 Å². The first kappa shape index (κ1) is 20.1. The number of carbonyl (C=O) groups is 2. The molecule has 0 aromatic heterocycles. The monoisotopic (exact) mass is 379 g/mol. The normalized spacial score (nSPS) is 14.8. The quantitative estimate of drug-likeness (QED) is 0.396. The first-order chi connectivity index (χ1) is 12.1. The molecule has 0 radical (unpaired) electrons. The molecule has 0 atom stereocenters. The van der Waals surface area contributed by atoms with Crippen molar-refractivity contribution < 1.29 is 9.59 Å². The topological polar surface area (TPSA) is 37.4 Å². The van der Waals surface area contributed by atoms with Crippen molar-refractivity contribution in [3.05, 3.63) is 39.8 Å². The second-order valence-electron chi connectivity index (χ2n) is 6.17. The Morgan fingerprint density at radius 1 is 0.920 bits per heavy atom. The van der Waals surface area contributed by atoms with E-state index in [0.29, 0.717) is 22.0 Å². The number of hydrogen-bond acceptors (Lipinski definition) is 3. The Labute approximate surface area is 159 Å². The van der Waals surface area contributed by atoms with Gasteiger partial charge in [0.15, 0.2) is 0 Å². The van der Waals surface area contributed by atoms with Gasteiger partial charge in [0.2, 0.25) is 0 Å². The standard InChI is InChI=1S/C20H26ClNO2S/c1-3-5-6-7-8-9-14-22-19(23)17(18(20(22)24)25-4-2)15-10-12-16(21)13-11-15/h10-13H,3-9,14H2,1-2H3. The summed E-state index contributed by atoms with van der Waals surface area (Å²) in [5.74, 6) is 0.447. The average Bonchev–Trinajstić information content (AvgIpc) is 2.83. The first-order valence-electron chi connectivity index (χ1n) is 9.09. The lowest BCUT2D eigenvalue weighted by Crippen LogP contribution is -2.32. The van der Waals surface area contributed by atoms with Crippen molar-refractivity contribution in [1.29, 1.82) is 0 Å². The van der Waals surface area contributed by atoms with E-state index >= 15 is 0 Å². The fraction of sp³-hybridized carbons (Fsp3) is 0.500. The average molecular weight is 380 g/mol. The summed E-state index contributed by atoms with van der Waals surface area (Å²) in [6.45, 7) is 4.69. The number of carbonyl (C=O) groups excluding carboxylic acids is 2. The molecule has 0 fully saturated rings. The highest BCUT2D eigenvalue weighted by Crippen LogP contribution is 2.36. The highest BCUT2D eigenvalue weighted by Gasteiger charge is 2.38. The van der Waals surface area contributed by atoms with Crippen molar-refractivity contribution in [3.63, 3.8) is 0 Å². The smallest absolute Gasteiger partial charge is 0.267 e. The van der Waals surface area contributed by atoms with Gasteiger partial charge in [-0.15, -0.1) is 11.8 Å². The maximum absolute atomic E-state index is 12.9. The van der Waals surface area contributed by atoms with Crippen LogP contribution in [-0.2, 0) is 9.59 Å². The molecule has 0 unspecified atom stereocenters. The molecule has 0 spiro atoms. The van der Waals surface area contributed by atoms with Gasteiger partial charge >= 0.3 is 0 Å². The maximum atomic E-state index is 12.9. The highest BCUT2D eigenvalue weighted by molar-refractivity contribution is 8.04. The van der Waals surface area contributed by atoms with Gasteiger partial charge in [-0.1, -0.05) is 69.7 Å². The van der Waals surface area contributed by atoms with E-state index < -0.39 is 0 Å². The van der Waals surface area contributed by atoms with Crippen molar-refractivity contribution in [1.82, 2.24) is 4.90 Å². The number of thioether (sulfide) groups is 1. The van der Waals surface area contributed by atoms with Crippen LogP contribution in [0.3, 0.4) is 0 Å². The lowest BCUT2D eigenvalue weighted by molar-refractivity contribution is -0.136. The van der Waals surface area contributed by atoms with E-state index in [4.69, 9.17) is 11.6 Å². The number of amides is 2. The molecule has 25 heavy (non-hydrogen) atoms. The van der Waals surface area contributed by atoms with E-state index in [2.05, 4.69) is 6.92 Å². The van der Waals surface area contributed by atoms with E-state index in [1.807, 2.05) is 19.1 Å². The largest absolute Gasteiger partial charge is 0.274 e. The third kappa shape index (κ3) is 5.11. The first-order valence-corrected chi connectivity index (χ1v) is 10.5. The molecule has 5 heteroatoms. The second kappa shape index (κ2) is 10.0. The van der Waals surface area contributed by atoms with Crippen molar-refractivity contribution in [2.45, 2.75) is 52.4 Å². The fourth-order valence-electron chi connectivity index (χ4n) is 2.96. The molecule has 2 amide bonds. The zero-order valence-electron chi connectivity index (χ0n) is 15.0. The highest BCUT2D eigenvalue weighted by atomic mass is 35.5. The van der Waals surface area contributed by atoms with Crippen molar-refractivity contribution in [2.24, 2.45) is 0 Å². The van der Waals surface area contributed by atoms with Crippen molar-refractivity contribution in [2.75, 3.05) is 12.3 Å². The van der Waals surface area contributed by atoms with Gasteiger partial charge in [-0.3, -0.25) is 14.5 Å². The molecule has 0 N–H and O–H groups in total. The van der Waals surface area contributed by atoms with Crippen LogP contribution in [0.5, 0.6) is 0 Å². The van der Waals surface area contributed by atoms with Crippen LogP contribution >= 0.6 is 23.4 Å². The minimum absolute atomic E-state index is 0.143. The summed E-state index contributed by atoms with van der Waals surface area (Å²) < 4.78 is 0. The van der Waals surface area contributed by atoms with E-state index in [9.17, 15) is 9.59 Å². The predicted molar refractivity (Wildman–Crippen MR) is 107 cm³/mol. The lowest BCUT2D eigenvalue weighted by atomic mass is 10.1. The summed E-state index contributed by atoms with van der Waals surface area (Å²) in [4.78, 5) is 27.6. The fourth-order valence-corrected chi connectivity index (χ4v) is 3.95. The molecule has 0 saturated heterocycles.